The number of carbonyl (C=O) groups is 1. The fourth-order valence-electron chi connectivity index (χ4n) is 1.64. The summed E-state index contributed by atoms with van der Waals surface area (Å²) in [6, 6.07) is 13.8. The van der Waals surface area contributed by atoms with E-state index in [1.165, 1.54) is 0 Å². The van der Waals surface area contributed by atoms with Gasteiger partial charge in [-0.05, 0) is 54.7 Å². The normalized spacial score (nSPS) is 9.81. The lowest BCUT2D eigenvalue weighted by Crippen LogP contribution is -2.34. The van der Waals surface area contributed by atoms with Gasteiger partial charge in [-0.2, -0.15) is 0 Å². The average molecular weight is 321 g/mol. The first-order valence-electron chi connectivity index (χ1n) is 6.10. The summed E-state index contributed by atoms with van der Waals surface area (Å²) in [6.07, 6.45) is 0. The Balaban J connectivity index is 1.96. The minimum Gasteiger partial charge on any atom is -0.497 e. The second-order valence-electron chi connectivity index (χ2n) is 4.15. The van der Waals surface area contributed by atoms with Crippen molar-refractivity contribution >= 4 is 40.5 Å². The molecule has 0 aliphatic heterocycles. The van der Waals surface area contributed by atoms with E-state index in [1.54, 1.807) is 55.6 Å². The number of thiocarbonyl (C=S) groups is 1. The maximum Gasteiger partial charge on any atom is 0.257 e. The van der Waals surface area contributed by atoms with Gasteiger partial charge in [-0.3, -0.25) is 10.1 Å². The summed E-state index contributed by atoms with van der Waals surface area (Å²) in [5, 5.41) is 6.22. The molecular formula is C15H13ClN2O2S. The molecule has 6 heteroatoms. The minimum absolute atomic E-state index is 0.213. The molecule has 108 valence electrons. The van der Waals surface area contributed by atoms with Crippen molar-refractivity contribution in [2.45, 2.75) is 0 Å². The van der Waals surface area contributed by atoms with Gasteiger partial charge in [-0.1, -0.05) is 17.7 Å². The fourth-order valence-corrected chi connectivity index (χ4v) is 2.04. The number of methoxy groups -OCH3 is 1. The molecule has 0 saturated carbocycles. The van der Waals surface area contributed by atoms with Gasteiger partial charge in [0.15, 0.2) is 5.11 Å². The monoisotopic (exact) mass is 320 g/mol. The van der Waals surface area contributed by atoms with E-state index >= 15 is 0 Å². The number of ether oxygens (including phenoxy) is 1. The Bertz CT molecular complexity index is 659. The molecule has 4 nitrogen and oxygen atoms in total. The third-order valence-electron chi connectivity index (χ3n) is 2.66. The molecule has 0 bridgehead atoms. The van der Waals surface area contributed by atoms with Crippen molar-refractivity contribution in [3.8, 4) is 5.75 Å². The molecule has 21 heavy (non-hydrogen) atoms. The number of amides is 1. The van der Waals surface area contributed by atoms with Crippen molar-refractivity contribution in [1.29, 1.82) is 0 Å². The molecule has 0 aliphatic carbocycles. The summed E-state index contributed by atoms with van der Waals surface area (Å²) in [6.45, 7) is 0. The lowest BCUT2D eigenvalue weighted by atomic mass is 10.2. The number of anilines is 1. The molecule has 0 heterocycles. The predicted molar refractivity (Wildman–Crippen MR) is 88.1 cm³/mol. The van der Waals surface area contributed by atoms with Crippen LogP contribution in [0, 0.1) is 0 Å². The van der Waals surface area contributed by atoms with Crippen molar-refractivity contribution in [3.63, 3.8) is 0 Å². The second kappa shape index (κ2) is 7.06. The highest BCUT2D eigenvalue weighted by Gasteiger charge is 2.08. The molecule has 0 unspecified atom stereocenters. The van der Waals surface area contributed by atoms with E-state index in [0.717, 1.165) is 11.4 Å². The number of hydrogen-bond donors (Lipinski definition) is 2. The highest BCUT2D eigenvalue weighted by molar-refractivity contribution is 7.80. The Kier molecular flexibility index (Phi) is 5.14. The van der Waals surface area contributed by atoms with Gasteiger partial charge in [0, 0.05) is 16.3 Å². The minimum atomic E-state index is -0.316. The average Bonchev–Trinajstić information content (AvgIpc) is 2.48. The van der Waals surface area contributed by atoms with Crippen LogP contribution in [0.25, 0.3) is 0 Å². The molecule has 0 radical (unpaired) electrons. The highest BCUT2D eigenvalue weighted by atomic mass is 35.5. The van der Waals surface area contributed by atoms with Crippen molar-refractivity contribution in [2.24, 2.45) is 0 Å². The first-order valence-corrected chi connectivity index (χ1v) is 6.89. The Hall–Kier alpha value is -2.11. The van der Waals surface area contributed by atoms with Gasteiger partial charge in [0.05, 0.1) is 7.11 Å². The summed E-state index contributed by atoms with van der Waals surface area (Å²) in [5.41, 5.74) is 1.20. The number of halogens is 1. The zero-order valence-corrected chi connectivity index (χ0v) is 12.8. The zero-order chi connectivity index (χ0) is 15.2. The van der Waals surface area contributed by atoms with E-state index < -0.39 is 0 Å². The second-order valence-corrected chi connectivity index (χ2v) is 4.99. The molecule has 0 saturated heterocycles. The van der Waals surface area contributed by atoms with E-state index in [9.17, 15) is 4.79 Å². The third kappa shape index (κ3) is 4.44. The topological polar surface area (TPSA) is 50.4 Å². The molecule has 0 atom stereocenters. The van der Waals surface area contributed by atoms with Gasteiger partial charge >= 0.3 is 0 Å². The van der Waals surface area contributed by atoms with Gasteiger partial charge in [0.1, 0.15) is 5.75 Å². The molecule has 1 amide bonds. The van der Waals surface area contributed by atoms with Gasteiger partial charge in [0.2, 0.25) is 0 Å². The Labute approximate surface area is 133 Å². The fraction of sp³-hybridized carbons (Fsp3) is 0.0667. The molecule has 2 aromatic rings. The standard InChI is InChI=1S/C15H13ClN2O2S/c1-20-13-7-5-12(6-8-13)17-15(21)18-14(19)10-3-2-4-11(16)9-10/h2-9H,1H3,(H2,17,18,19,21). The van der Waals surface area contributed by atoms with Crippen molar-refractivity contribution in [2.75, 3.05) is 12.4 Å². The summed E-state index contributed by atoms with van der Waals surface area (Å²) >= 11 is 10.9. The van der Waals surface area contributed by atoms with Gasteiger partial charge in [-0.15, -0.1) is 0 Å². The Morgan fingerprint density at radius 3 is 2.52 bits per heavy atom. The maximum atomic E-state index is 12.0. The molecular weight excluding hydrogens is 308 g/mol. The van der Waals surface area contributed by atoms with Crippen LogP contribution < -0.4 is 15.4 Å². The van der Waals surface area contributed by atoms with Crippen LogP contribution in [0.15, 0.2) is 48.5 Å². The summed E-state index contributed by atoms with van der Waals surface area (Å²) in [4.78, 5) is 12.0. The van der Waals surface area contributed by atoms with E-state index in [-0.39, 0.29) is 11.0 Å². The van der Waals surface area contributed by atoms with E-state index in [0.29, 0.717) is 10.6 Å². The number of nitrogens with one attached hydrogen (secondary N) is 2. The van der Waals surface area contributed by atoms with Crippen LogP contribution in [0.3, 0.4) is 0 Å². The quantitative estimate of drug-likeness (QED) is 0.850. The number of rotatable bonds is 3. The summed E-state index contributed by atoms with van der Waals surface area (Å²) in [5.74, 6) is 0.429. The van der Waals surface area contributed by atoms with E-state index in [1.807, 2.05) is 0 Å². The van der Waals surface area contributed by atoms with Crippen molar-refractivity contribution < 1.29 is 9.53 Å². The summed E-state index contributed by atoms with van der Waals surface area (Å²) < 4.78 is 5.06. The van der Waals surface area contributed by atoms with E-state index in [4.69, 9.17) is 28.6 Å². The van der Waals surface area contributed by atoms with Crippen LogP contribution in [-0.2, 0) is 0 Å². The molecule has 0 spiro atoms. The number of hydrogen-bond acceptors (Lipinski definition) is 3. The zero-order valence-electron chi connectivity index (χ0n) is 11.2. The van der Waals surface area contributed by atoms with E-state index in [2.05, 4.69) is 10.6 Å². The molecule has 0 fully saturated rings. The lowest BCUT2D eigenvalue weighted by Gasteiger charge is -2.10. The lowest BCUT2D eigenvalue weighted by molar-refractivity contribution is 0.0977. The molecule has 0 aliphatic rings. The third-order valence-corrected chi connectivity index (χ3v) is 3.10. The Morgan fingerprint density at radius 2 is 1.90 bits per heavy atom. The van der Waals surface area contributed by atoms with Crippen LogP contribution in [0.1, 0.15) is 10.4 Å². The van der Waals surface area contributed by atoms with Gasteiger partial charge < -0.3 is 10.1 Å². The molecule has 2 N–H and O–H groups in total. The van der Waals surface area contributed by atoms with Crippen molar-refractivity contribution in [1.82, 2.24) is 5.32 Å². The van der Waals surface area contributed by atoms with Crippen LogP contribution in [0.5, 0.6) is 5.75 Å². The highest BCUT2D eigenvalue weighted by Crippen LogP contribution is 2.15. The smallest absolute Gasteiger partial charge is 0.257 e. The molecule has 2 rings (SSSR count). The Morgan fingerprint density at radius 1 is 1.19 bits per heavy atom. The van der Waals surface area contributed by atoms with Crippen LogP contribution >= 0.6 is 23.8 Å². The first kappa shape index (κ1) is 15.3. The summed E-state index contributed by atoms with van der Waals surface area (Å²) in [7, 11) is 1.60. The van der Waals surface area contributed by atoms with Gasteiger partial charge in [0.25, 0.3) is 5.91 Å². The number of benzene rings is 2. The largest absolute Gasteiger partial charge is 0.497 e. The van der Waals surface area contributed by atoms with Gasteiger partial charge in [-0.25, -0.2) is 0 Å². The maximum absolute atomic E-state index is 12.0. The van der Waals surface area contributed by atoms with Crippen LogP contribution in [0.2, 0.25) is 5.02 Å². The van der Waals surface area contributed by atoms with Crippen LogP contribution in [-0.4, -0.2) is 18.1 Å². The van der Waals surface area contributed by atoms with Crippen LogP contribution in [0.4, 0.5) is 5.69 Å². The first-order chi connectivity index (χ1) is 10.1. The predicted octanol–water partition coefficient (Wildman–Crippen LogP) is 3.48. The van der Waals surface area contributed by atoms with Crippen molar-refractivity contribution in [3.05, 3.63) is 59.1 Å². The number of carbonyl (C=O) groups excluding carboxylic acids is 1. The SMILES string of the molecule is COc1ccc(NC(=S)NC(=O)c2cccc(Cl)c2)cc1. The molecule has 0 aromatic heterocycles. The molecule has 2 aromatic carbocycles.